The minimum Gasteiger partial charge on any atom is -0.508 e. The van der Waals surface area contributed by atoms with Gasteiger partial charge in [0, 0.05) is 40.5 Å². The summed E-state index contributed by atoms with van der Waals surface area (Å²) in [5, 5.41) is 39.5. The van der Waals surface area contributed by atoms with E-state index in [-0.39, 0.29) is 18.6 Å². The molecule has 0 amide bonds. The van der Waals surface area contributed by atoms with E-state index in [9.17, 15) is 19.8 Å². The third-order valence-electron chi connectivity index (χ3n) is 8.87. The summed E-state index contributed by atoms with van der Waals surface area (Å²) >= 11 is 1.62. The number of imidazole rings is 1. The number of rotatable bonds is 12. The maximum absolute atomic E-state index is 11.1. The molecule has 0 aliphatic carbocycles. The number of hydrogen-bond acceptors (Lipinski definition) is 6. The minimum absolute atomic E-state index is 0.0610. The summed E-state index contributed by atoms with van der Waals surface area (Å²) < 4.78 is 6.17. The second-order valence-corrected chi connectivity index (χ2v) is 13.5. The van der Waals surface area contributed by atoms with Gasteiger partial charge in [0.15, 0.2) is 0 Å². The van der Waals surface area contributed by atoms with Crippen LogP contribution >= 0.6 is 11.3 Å². The van der Waals surface area contributed by atoms with E-state index in [1.165, 1.54) is 0 Å². The number of carboxylic acid groups (broad SMARTS) is 2. The van der Waals surface area contributed by atoms with Crippen molar-refractivity contribution in [2.45, 2.75) is 45.6 Å². The molecule has 7 rings (SSSR count). The van der Waals surface area contributed by atoms with Gasteiger partial charge in [0.25, 0.3) is 0 Å². The topological polar surface area (TPSA) is 143 Å². The Morgan fingerprint density at radius 1 is 0.736 bits per heavy atom. The van der Waals surface area contributed by atoms with Crippen LogP contribution in [0.5, 0.6) is 5.75 Å². The molecule has 1 atom stereocenters. The quantitative estimate of drug-likeness (QED) is 0.0987. The lowest BCUT2D eigenvalue weighted by Gasteiger charge is -2.15. The van der Waals surface area contributed by atoms with E-state index in [1.54, 1.807) is 36.6 Å². The largest absolute Gasteiger partial charge is 0.508 e. The Kier molecular flexibility index (Phi) is 11.4. The predicted octanol–water partition coefficient (Wildman–Crippen LogP) is 8.64. The first-order valence-corrected chi connectivity index (χ1v) is 18.0. The summed E-state index contributed by atoms with van der Waals surface area (Å²) in [4.78, 5) is 27.4. The summed E-state index contributed by atoms with van der Waals surface area (Å²) in [6.45, 7) is 3.69. The van der Waals surface area contributed by atoms with E-state index in [2.05, 4.69) is 25.6 Å². The molecule has 10 nitrogen and oxygen atoms in total. The average Bonchev–Trinajstić information content (AvgIpc) is 3.97. The molecule has 0 aliphatic heterocycles. The molecular weight excluding hydrogens is 689 g/mol. The van der Waals surface area contributed by atoms with Gasteiger partial charge < -0.3 is 34.1 Å². The molecule has 0 saturated carbocycles. The summed E-state index contributed by atoms with van der Waals surface area (Å²) in [6.07, 6.45) is 4.22. The molecule has 4 heterocycles. The van der Waals surface area contributed by atoms with Gasteiger partial charge in [-0.3, -0.25) is 9.59 Å². The highest BCUT2D eigenvalue weighted by Gasteiger charge is 2.17. The average molecular weight is 729 g/mol. The third kappa shape index (κ3) is 8.66. The van der Waals surface area contributed by atoms with Crippen molar-refractivity contribution in [2.75, 3.05) is 0 Å². The van der Waals surface area contributed by atoms with Gasteiger partial charge in [0.05, 0.1) is 40.9 Å². The summed E-state index contributed by atoms with van der Waals surface area (Å²) in [5.41, 5.74) is 8.67. The molecule has 0 radical (unpaired) electrons. The Hall–Kier alpha value is -6.17. The molecule has 0 fully saturated rings. The molecule has 270 valence electrons. The third-order valence-corrected chi connectivity index (χ3v) is 9.81. The van der Waals surface area contributed by atoms with Crippen LogP contribution in [0.15, 0.2) is 127 Å². The highest BCUT2D eigenvalue weighted by Crippen LogP contribution is 2.34. The summed E-state index contributed by atoms with van der Waals surface area (Å²) in [7, 11) is 0. The lowest BCUT2D eigenvalue weighted by Crippen LogP contribution is -2.05. The molecule has 0 aliphatic rings. The molecule has 53 heavy (non-hydrogen) atoms. The monoisotopic (exact) mass is 728 g/mol. The number of thiophene rings is 1. The first-order valence-electron chi connectivity index (χ1n) is 17.2. The number of benzene rings is 3. The number of carboxylic acids is 2. The molecule has 7 aromatic rings. The zero-order valence-corrected chi connectivity index (χ0v) is 30.1. The number of aryl methyl sites for hydroxylation is 3. The maximum Gasteiger partial charge on any atom is 0.303 e. The van der Waals surface area contributed by atoms with Gasteiger partial charge in [-0.05, 0) is 105 Å². The number of aliphatic hydroxyl groups excluding tert-OH is 1. The zero-order chi connectivity index (χ0) is 37.5. The number of carbonyl (C=O) groups is 2. The Morgan fingerprint density at radius 3 is 1.85 bits per heavy atom. The fraction of sp³-hybridized carbons (Fsp3) is 0.167. The van der Waals surface area contributed by atoms with Crippen molar-refractivity contribution in [1.29, 1.82) is 0 Å². The number of phenols is 1. The number of aliphatic carboxylic acids is 2. The predicted molar refractivity (Wildman–Crippen MR) is 206 cm³/mol. The van der Waals surface area contributed by atoms with Crippen molar-refractivity contribution in [1.82, 2.24) is 18.7 Å². The van der Waals surface area contributed by atoms with Gasteiger partial charge >= 0.3 is 11.9 Å². The smallest absolute Gasteiger partial charge is 0.303 e. The SMILES string of the molecule is CC(O)c1ccc(-n2c(CCC(=O)O)ccc2-c2ccccc2)cc1.Cc1nccn1-c1csc(-c2ccc(CCC(=O)O)n2-c2ccc(O)cc2)c1. The number of aliphatic hydroxyl groups is 1. The standard InChI is InChI=1S/C21H19N3O3S.C21H21NO3/c1-14-22-10-11-23(14)17-12-20(28-13-17)19-8-4-16(5-9-21(26)27)24(19)15-2-6-18(25)7-3-15;1-15(23)16-7-9-18(10-8-16)22-19(12-14-21(24)25)11-13-20(22)17-5-3-2-4-6-17/h2-4,6-8,10-13,25H,5,9H2,1H3,(H,26,27);2-11,13,15,23H,12,14H2,1H3,(H,24,25). The van der Waals surface area contributed by atoms with Crippen LogP contribution in [0.2, 0.25) is 0 Å². The van der Waals surface area contributed by atoms with Crippen LogP contribution in [0.4, 0.5) is 0 Å². The van der Waals surface area contributed by atoms with E-state index in [0.29, 0.717) is 12.8 Å². The highest BCUT2D eigenvalue weighted by molar-refractivity contribution is 7.13. The molecule has 0 spiro atoms. The highest BCUT2D eigenvalue weighted by atomic mass is 32.1. The van der Waals surface area contributed by atoms with Crippen LogP contribution < -0.4 is 0 Å². The van der Waals surface area contributed by atoms with Crippen LogP contribution in [0, 0.1) is 6.92 Å². The fourth-order valence-electron chi connectivity index (χ4n) is 6.20. The van der Waals surface area contributed by atoms with Crippen molar-refractivity contribution in [3.63, 3.8) is 0 Å². The van der Waals surface area contributed by atoms with Gasteiger partial charge in [-0.2, -0.15) is 0 Å². The number of phenolic OH excluding ortho intramolecular Hbond substituents is 1. The number of aromatic nitrogens is 4. The lowest BCUT2D eigenvalue weighted by molar-refractivity contribution is -0.138. The van der Waals surface area contributed by atoms with Gasteiger partial charge in [-0.25, -0.2) is 4.98 Å². The minimum atomic E-state index is -0.825. The molecule has 11 heteroatoms. The van der Waals surface area contributed by atoms with E-state index < -0.39 is 18.0 Å². The number of nitrogens with zero attached hydrogens (tertiary/aromatic N) is 4. The van der Waals surface area contributed by atoms with E-state index >= 15 is 0 Å². The second kappa shape index (κ2) is 16.4. The molecule has 3 aromatic carbocycles. The van der Waals surface area contributed by atoms with Gasteiger partial charge in [-0.1, -0.05) is 42.5 Å². The maximum atomic E-state index is 11.1. The second-order valence-electron chi connectivity index (χ2n) is 12.5. The van der Waals surface area contributed by atoms with Crippen LogP contribution in [0.25, 0.3) is 38.9 Å². The van der Waals surface area contributed by atoms with E-state index in [4.69, 9.17) is 10.2 Å². The van der Waals surface area contributed by atoms with Crippen LogP contribution in [0.1, 0.15) is 48.6 Å². The molecule has 0 saturated heterocycles. The first kappa shape index (κ1) is 36.6. The molecular formula is C42H40N4O6S. The van der Waals surface area contributed by atoms with Crippen molar-refractivity contribution in [2.24, 2.45) is 0 Å². The van der Waals surface area contributed by atoms with Gasteiger partial charge in [0.1, 0.15) is 11.6 Å². The van der Waals surface area contributed by atoms with Crippen molar-refractivity contribution in [3.05, 3.63) is 150 Å². The normalized spacial score (nSPS) is 11.5. The Labute approximate surface area is 311 Å². The number of aromatic hydroxyl groups is 1. The lowest BCUT2D eigenvalue weighted by atomic mass is 10.1. The Balaban J connectivity index is 0.000000183. The Morgan fingerprint density at radius 2 is 1.30 bits per heavy atom. The van der Waals surface area contributed by atoms with Crippen LogP contribution in [-0.2, 0) is 22.4 Å². The van der Waals surface area contributed by atoms with E-state index in [1.807, 2.05) is 109 Å². The summed E-state index contributed by atoms with van der Waals surface area (Å²) in [5.74, 6) is -0.522. The van der Waals surface area contributed by atoms with Crippen molar-refractivity contribution in [3.8, 4) is 44.6 Å². The van der Waals surface area contributed by atoms with Gasteiger partial charge in [0.2, 0.25) is 0 Å². The Bertz CT molecular complexity index is 2300. The molecule has 4 N–H and O–H groups in total. The van der Waals surface area contributed by atoms with Crippen molar-refractivity contribution >= 4 is 23.3 Å². The molecule has 0 bridgehead atoms. The van der Waals surface area contributed by atoms with Crippen LogP contribution in [0.3, 0.4) is 0 Å². The fourth-order valence-corrected chi connectivity index (χ4v) is 7.09. The molecule has 1 unspecified atom stereocenters. The van der Waals surface area contributed by atoms with Crippen LogP contribution in [-0.4, -0.2) is 51.0 Å². The van der Waals surface area contributed by atoms with Gasteiger partial charge in [-0.15, -0.1) is 11.3 Å². The zero-order valence-electron chi connectivity index (χ0n) is 29.3. The van der Waals surface area contributed by atoms with Crippen molar-refractivity contribution < 1.29 is 30.0 Å². The van der Waals surface area contributed by atoms with E-state index in [0.717, 1.165) is 61.7 Å². The number of hydrogen-bond donors (Lipinski definition) is 4. The molecule has 4 aromatic heterocycles. The summed E-state index contributed by atoms with van der Waals surface area (Å²) in [6, 6.07) is 34.7. The first-order chi connectivity index (χ1) is 25.6.